The number of allylic oxidation sites excluding steroid dienone is 1. The van der Waals surface area contributed by atoms with Crippen LogP contribution in [0.3, 0.4) is 0 Å². The second-order valence-corrected chi connectivity index (χ2v) is 11.3. The molecule has 0 amide bonds. The second kappa shape index (κ2) is 15.6. The summed E-state index contributed by atoms with van der Waals surface area (Å²) in [7, 11) is 4.11. The Morgan fingerprint density at radius 3 is 1.94 bits per heavy atom. The molecule has 6 aromatic rings. The molecule has 47 heavy (non-hydrogen) atoms. The van der Waals surface area contributed by atoms with E-state index in [4.69, 9.17) is 9.15 Å². The minimum absolute atomic E-state index is 0.0491. The van der Waals surface area contributed by atoms with E-state index >= 15 is 0 Å². The molecule has 0 saturated carbocycles. The van der Waals surface area contributed by atoms with Crippen LogP contribution in [0.2, 0.25) is 0 Å². The molecule has 0 saturated heterocycles. The van der Waals surface area contributed by atoms with Gasteiger partial charge in [0, 0.05) is 12.6 Å². The monoisotopic (exact) mass is 625 g/mol. The molecule has 0 bridgehead atoms. The summed E-state index contributed by atoms with van der Waals surface area (Å²) in [5.74, 6) is 1.10. The Morgan fingerprint density at radius 2 is 1.32 bits per heavy atom. The summed E-state index contributed by atoms with van der Waals surface area (Å²) < 4.78 is 11.2. The Morgan fingerprint density at radius 1 is 0.723 bits per heavy atom. The van der Waals surface area contributed by atoms with E-state index in [0.29, 0.717) is 28.7 Å². The lowest BCUT2D eigenvalue weighted by Gasteiger charge is -2.17. The SMILES string of the molecule is CC/C(=C(\c1ccccc1)c1ccc(OCCN(C)C)cc1)c1ccccc1.O=c1c(-c2ccc(O)cc2)coc2cc(O)ccc12. The summed E-state index contributed by atoms with van der Waals surface area (Å²) in [6.45, 7) is 3.83. The van der Waals surface area contributed by atoms with Crippen LogP contribution in [0.5, 0.6) is 17.2 Å². The number of phenols is 2. The molecule has 1 aromatic heterocycles. The van der Waals surface area contributed by atoms with E-state index < -0.39 is 0 Å². The van der Waals surface area contributed by atoms with Crippen molar-refractivity contribution in [3.05, 3.63) is 161 Å². The zero-order valence-electron chi connectivity index (χ0n) is 26.9. The number of rotatable bonds is 9. The van der Waals surface area contributed by atoms with E-state index in [2.05, 4.69) is 111 Å². The normalized spacial score (nSPS) is 11.5. The Labute approximate surface area is 275 Å². The second-order valence-electron chi connectivity index (χ2n) is 11.3. The van der Waals surface area contributed by atoms with Gasteiger partial charge in [-0.1, -0.05) is 91.9 Å². The third-order valence-corrected chi connectivity index (χ3v) is 7.73. The van der Waals surface area contributed by atoms with Crippen molar-refractivity contribution in [2.75, 3.05) is 27.2 Å². The van der Waals surface area contributed by atoms with Gasteiger partial charge >= 0.3 is 0 Å². The quantitative estimate of drug-likeness (QED) is 0.156. The number of hydrogen-bond donors (Lipinski definition) is 2. The van der Waals surface area contributed by atoms with E-state index in [9.17, 15) is 15.0 Å². The first kappa shape index (κ1) is 32.8. The fraction of sp³-hybridized carbons (Fsp3) is 0.146. The van der Waals surface area contributed by atoms with Crippen molar-refractivity contribution in [1.82, 2.24) is 4.90 Å². The van der Waals surface area contributed by atoms with Crippen LogP contribution in [-0.2, 0) is 0 Å². The van der Waals surface area contributed by atoms with Gasteiger partial charge in [0.2, 0.25) is 0 Å². The number of fused-ring (bicyclic) bond motifs is 1. The maximum Gasteiger partial charge on any atom is 0.200 e. The molecule has 1 heterocycles. The Bertz CT molecular complexity index is 1980. The lowest BCUT2D eigenvalue weighted by molar-refractivity contribution is 0.261. The molecule has 2 N–H and O–H groups in total. The number of ether oxygens (including phenoxy) is 1. The zero-order chi connectivity index (χ0) is 33.2. The maximum absolute atomic E-state index is 12.3. The largest absolute Gasteiger partial charge is 0.508 e. The van der Waals surface area contributed by atoms with Crippen molar-refractivity contribution in [1.29, 1.82) is 0 Å². The van der Waals surface area contributed by atoms with Gasteiger partial charge in [0.15, 0.2) is 5.43 Å². The van der Waals surface area contributed by atoms with Crippen LogP contribution in [0.4, 0.5) is 0 Å². The molecule has 6 heteroatoms. The number of likely N-dealkylation sites (N-methyl/N-ethyl adjacent to an activating group) is 1. The Kier molecular flexibility index (Phi) is 10.9. The third kappa shape index (κ3) is 8.37. The van der Waals surface area contributed by atoms with Gasteiger partial charge in [-0.3, -0.25) is 4.79 Å². The molecule has 6 rings (SSSR count). The van der Waals surface area contributed by atoms with E-state index in [-0.39, 0.29) is 16.9 Å². The number of hydrogen-bond acceptors (Lipinski definition) is 6. The highest BCUT2D eigenvalue weighted by molar-refractivity contribution is 5.98. The molecule has 0 atom stereocenters. The molecule has 0 aliphatic heterocycles. The van der Waals surface area contributed by atoms with E-state index in [1.54, 1.807) is 12.1 Å². The van der Waals surface area contributed by atoms with Gasteiger partial charge in [-0.05, 0) is 90.3 Å². The number of phenolic OH excluding ortho intramolecular Hbond substituents is 2. The maximum atomic E-state index is 12.3. The molecule has 0 unspecified atom stereocenters. The lowest BCUT2D eigenvalue weighted by atomic mass is 9.88. The van der Waals surface area contributed by atoms with Crippen LogP contribution in [0.1, 0.15) is 30.0 Å². The minimum Gasteiger partial charge on any atom is -0.508 e. The predicted octanol–water partition coefficient (Wildman–Crippen LogP) is 8.87. The number of nitrogens with zero attached hydrogens (tertiary/aromatic N) is 1. The topological polar surface area (TPSA) is 83.1 Å². The smallest absolute Gasteiger partial charge is 0.200 e. The lowest BCUT2D eigenvalue weighted by Crippen LogP contribution is -2.19. The Balaban J connectivity index is 0.000000198. The predicted molar refractivity (Wildman–Crippen MR) is 191 cm³/mol. The van der Waals surface area contributed by atoms with Crippen LogP contribution in [0, 0.1) is 0 Å². The molecule has 0 aliphatic rings. The van der Waals surface area contributed by atoms with Gasteiger partial charge in [-0.15, -0.1) is 0 Å². The summed E-state index contributed by atoms with van der Waals surface area (Å²) in [6.07, 6.45) is 2.33. The molecule has 0 fully saturated rings. The first-order chi connectivity index (χ1) is 22.8. The first-order valence-electron chi connectivity index (χ1n) is 15.6. The summed E-state index contributed by atoms with van der Waals surface area (Å²) in [5, 5.41) is 19.0. The molecule has 6 nitrogen and oxygen atoms in total. The van der Waals surface area contributed by atoms with Crippen LogP contribution in [0.15, 0.2) is 143 Å². The molecular formula is C41H39NO5. The van der Waals surface area contributed by atoms with Gasteiger partial charge in [0.05, 0.1) is 10.9 Å². The third-order valence-electron chi connectivity index (χ3n) is 7.73. The van der Waals surface area contributed by atoms with Crippen molar-refractivity contribution >= 4 is 22.1 Å². The number of aromatic hydroxyl groups is 2. The zero-order valence-corrected chi connectivity index (χ0v) is 26.9. The molecular weight excluding hydrogens is 586 g/mol. The minimum atomic E-state index is -0.174. The standard InChI is InChI=1S/C26H29NO.C15H10O4/c1-4-25(21-11-7-5-8-12-21)26(22-13-9-6-10-14-22)23-15-17-24(18-16-23)28-20-19-27(2)3;16-10-3-1-9(2-4-10)13-8-19-14-7-11(17)5-6-12(14)15(13)18/h5-18H,4,19-20H2,1-3H3;1-8,16-17H/b26-25-;. The van der Waals surface area contributed by atoms with Crippen molar-refractivity contribution in [3.8, 4) is 28.4 Å². The van der Waals surface area contributed by atoms with Gasteiger partial charge in [0.25, 0.3) is 0 Å². The highest BCUT2D eigenvalue weighted by Crippen LogP contribution is 2.35. The molecule has 0 radical (unpaired) electrons. The number of benzene rings is 5. The summed E-state index contributed by atoms with van der Waals surface area (Å²) in [6, 6.07) is 40.5. The van der Waals surface area contributed by atoms with Gasteiger partial charge in [-0.2, -0.15) is 0 Å². The van der Waals surface area contributed by atoms with Crippen molar-refractivity contribution < 1.29 is 19.4 Å². The van der Waals surface area contributed by atoms with E-state index in [1.165, 1.54) is 64.4 Å². The van der Waals surface area contributed by atoms with Gasteiger partial charge in [-0.25, -0.2) is 0 Å². The van der Waals surface area contributed by atoms with Crippen LogP contribution in [-0.4, -0.2) is 42.4 Å². The summed E-state index contributed by atoms with van der Waals surface area (Å²) in [4.78, 5) is 14.4. The Hall–Kier alpha value is -5.59. The fourth-order valence-corrected chi connectivity index (χ4v) is 5.31. The highest BCUT2D eigenvalue weighted by atomic mass is 16.5. The summed E-state index contributed by atoms with van der Waals surface area (Å²) >= 11 is 0. The van der Waals surface area contributed by atoms with Crippen LogP contribution < -0.4 is 10.2 Å². The van der Waals surface area contributed by atoms with Gasteiger partial charge in [0.1, 0.15) is 35.7 Å². The average Bonchev–Trinajstić information content (AvgIpc) is 3.09. The van der Waals surface area contributed by atoms with Crippen molar-refractivity contribution in [3.63, 3.8) is 0 Å². The fourth-order valence-electron chi connectivity index (χ4n) is 5.31. The van der Waals surface area contributed by atoms with Crippen molar-refractivity contribution in [2.45, 2.75) is 13.3 Å². The average molecular weight is 626 g/mol. The van der Waals surface area contributed by atoms with Crippen LogP contribution >= 0.6 is 0 Å². The summed E-state index contributed by atoms with van der Waals surface area (Å²) in [5.41, 5.74) is 7.62. The molecule has 5 aromatic carbocycles. The van der Waals surface area contributed by atoms with E-state index in [0.717, 1.165) is 18.7 Å². The molecule has 0 spiro atoms. The molecule has 238 valence electrons. The van der Waals surface area contributed by atoms with E-state index in [1.807, 2.05) is 0 Å². The molecule has 0 aliphatic carbocycles. The van der Waals surface area contributed by atoms with Crippen LogP contribution in [0.25, 0.3) is 33.2 Å². The first-order valence-corrected chi connectivity index (χ1v) is 15.6. The van der Waals surface area contributed by atoms with Gasteiger partial charge < -0.3 is 24.3 Å². The highest BCUT2D eigenvalue weighted by Gasteiger charge is 2.13. The van der Waals surface area contributed by atoms with Crippen molar-refractivity contribution in [2.24, 2.45) is 0 Å².